The van der Waals surface area contributed by atoms with Crippen molar-refractivity contribution >= 4 is 22.1 Å². The van der Waals surface area contributed by atoms with Crippen LogP contribution in [0.3, 0.4) is 0 Å². The average Bonchev–Trinajstić information content (AvgIpc) is 2.59. The molecule has 8 nitrogen and oxygen atoms in total. The Morgan fingerprint density at radius 1 is 1.00 bits per heavy atom. The Hall–Kier alpha value is -1.91. The van der Waals surface area contributed by atoms with Crippen LogP contribution in [0.1, 0.15) is 20.7 Å². The molecule has 0 radical (unpaired) electrons. The van der Waals surface area contributed by atoms with E-state index in [0.29, 0.717) is 0 Å². The molecule has 0 aliphatic rings. The van der Waals surface area contributed by atoms with Gasteiger partial charge in [-0.3, -0.25) is 4.55 Å². The summed E-state index contributed by atoms with van der Waals surface area (Å²) >= 11 is 0. The van der Waals surface area contributed by atoms with Gasteiger partial charge in [0.25, 0.3) is 0 Å². The maximum absolute atomic E-state index is 11.7. The molecule has 26 heavy (non-hydrogen) atoms. The number of rotatable bonds is 5. The zero-order valence-corrected chi connectivity index (χ0v) is 17.0. The number of ether oxygens (including phenoxy) is 3. The molecule has 0 aliphatic carbocycles. The first-order valence-corrected chi connectivity index (χ1v) is 8.17. The van der Waals surface area contributed by atoms with Gasteiger partial charge in [0.15, 0.2) is 0 Å². The summed E-state index contributed by atoms with van der Waals surface area (Å²) in [5, 5.41) is 0. The molecule has 132 valence electrons. The van der Waals surface area contributed by atoms with Crippen LogP contribution in [0.25, 0.3) is 0 Å². The van der Waals surface area contributed by atoms with Gasteiger partial charge in [-0.15, -0.1) is 18.2 Å². The van der Waals surface area contributed by atoms with E-state index < -0.39 is 22.1 Å². The van der Waals surface area contributed by atoms with Gasteiger partial charge in [-0.1, -0.05) is 0 Å². The van der Waals surface area contributed by atoms with E-state index in [0.717, 1.165) is 12.1 Å². The van der Waals surface area contributed by atoms with Crippen LogP contribution < -0.4 is 34.3 Å². The summed E-state index contributed by atoms with van der Waals surface area (Å²) in [6.45, 7) is 0. The zero-order chi connectivity index (χ0) is 18.6. The van der Waals surface area contributed by atoms with E-state index in [1.165, 1.54) is 38.5 Å². The van der Waals surface area contributed by atoms with Crippen LogP contribution in [0.4, 0.5) is 0 Å². The smallest absolute Gasteiger partial charge is 0.483 e. The largest absolute Gasteiger partial charge is 1.00 e. The van der Waals surface area contributed by atoms with Crippen LogP contribution >= 0.6 is 0 Å². The number of benzene rings is 2. The van der Waals surface area contributed by atoms with Gasteiger partial charge in [-0.2, -0.15) is 6.07 Å². The summed E-state index contributed by atoms with van der Waals surface area (Å²) in [5.41, 5.74) is 0.130. The van der Waals surface area contributed by atoms with E-state index in [2.05, 4.69) is 15.5 Å². The summed E-state index contributed by atoms with van der Waals surface area (Å²) in [6, 6.07) is 9.88. The van der Waals surface area contributed by atoms with Gasteiger partial charge in [-0.05, 0) is 23.1 Å². The molecule has 1 N–H and O–H groups in total. The van der Waals surface area contributed by atoms with Crippen molar-refractivity contribution in [1.82, 2.24) is 0 Å². The third-order valence-corrected chi connectivity index (χ3v) is 3.88. The molecule has 0 bridgehead atoms. The maximum atomic E-state index is 11.7. The SMILES string of the molecule is COC(=O)c1cc(Oc2[c-]cc(S(=O)(=O)O)cc2)cc(C(=O)OC)c1.[Na+]. The summed E-state index contributed by atoms with van der Waals surface area (Å²) in [5.74, 6) is -1.15. The van der Waals surface area contributed by atoms with E-state index in [1.807, 2.05) is 0 Å². The van der Waals surface area contributed by atoms with E-state index in [1.54, 1.807) is 0 Å². The first-order chi connectivity index (χ1) is 11.7. The van der Waals surface area contributed by atoms with Crippen LogP contribution in [-0.4, -0.2) is 39.1 Å². The van der Waals surface area contributed by atoms with Crippen LogP contribution in [0.15, 0.2) is 41.3 Å². The maximum Gasteiger partial charge on any atom is 1.00 e. The van der Waals surface area contributed by atoms with E-state index in [4.69, 9.17) is 9.29 Å². The van der Waals surface area contributed by atoms with E-state index in [-0.39, 0.29) is 57.1 Å². The molecule has 0 saturated heterocycles. The van der Waals surface area contributed by atoms with Crippen molar-refractivity contribution < 1.29 is 66.3 Å². The molecule has 0 saturated carbocycles. The molecule has 0 heterocycles. The number of hydrogen-bond acceptors (Lipinski definition) is 7. The minimum atomic E-state index is -4.34. The van der Waals surface area contributed by atoms with E-state index in [9.17, 15) is 18.0 Å². The average molecular weight is 388 g/mol. The van der Waals surface area contributed by atoms with Crippen molar-refractivity contribution in [3.8, 4) is 11.5 Å². The van der Waals surface area contributed by atoms with Crippen molar-refractivity contribution in [1.29, 1.82) is 0 Å². The Morgan fingerprint density at radius 2 is 1.54 bits per heavy atom. The number of carbonyl (C=O) groups is 2. The van der Waals surface area contributed by atoms with Crippen molar-refractivity contribution in [3.63, 3.8) is 0 Å². The Balaban J connectivity index is 0.00000338. The molecule has 0 aromatic heterocycles. The number of methoxy groups -OCH3 is 2. The standard InChI is InChI=1S/C16H13O8S.Na/c1-22-15(17)10-7-11(16(18)23-2)9-13(8-10)24-12-3-5-14(6-4-12)25(19,20)21;/h3,5-9H,1-2H3,(H,19,20,21);/q-1;+1. The number of hydrogen-bond donors (Lipinski definition) is 1. The fourth-order valence-corrected chi connectivity index (χ4v) is 2.32. The third-order valence-electron chi connectivity index (χ3n) is 3.03. The molecule has 0 spiro atoms. The molecule has 0 unspecified atom stereocenters. The molecule has 0 fully saturated rings. The van der Waals surface area contributed by atoms with Crippen LogP contribution in [-0.2, 0) is 19.6 Å². The van der Waals surface area contributed by atoms with Crippen molar-refractivity contribution in [2.24, 2.45) is 0 Å². The topological polar surface area (TPSA) is 116 Å². The first kappa shape index (κ1) is 22.1. The van der Waals surface area contributed by atoms with Crippen LogP contribution in [0.2, 0.25) is 0 Å². The van der Waals surface area contributed by atoms with E-state index >= 15 is 0 Å². The van der Waals surface area contributed by atoms with Crippen molar-refractivity contribution in [2.45, 2.75) is 4.90 Å². The van der Waals surface area contributed by atoms with Gasteiger partial charge in [0.1, 0.15) is 5.75 Å². The summed E-state index contributed by atoms with van der Waals surface area (Å²) in [6.07, 6.45) is 0. The minimum Gasteiger partial charge on any atom is -0.483 e. The van der Waals surface area contributed by atoms with Gasteiger partial charge < -0.3 is 14.2 Å². The fourth-order valence-electron chi connectivity index (χ4n) is 1.88. The Bertz CT molecular complexity index is 872. The summed E-state index contributed by atoms with van der Waals surface area (Å²) in [4.78, 5) is 23.1. The monoisotopic (exact) mass is 388 g/mol. The summed E-state index contributed by atoms with van der Waals surface area (Å²) in [7, 11) is -1.96. The molecular formula is C16H13NaO8S. The van der Waals surface area contributed by atoms with Gasteiger partial charge in [0.2, 0.25) is 10.1 Å². The predicted molar refractivity (Wildman–Crippen MR) is 84.3 cm³/mol. The quantitative estimate of drug-likeness (QED) is 0.303. The molecule has 0 atom stereocenters. The number of carbonyl (C=O) groups excluding carboxylic acids is 2. The Kier molecular flexibility index (Phi) is 7.79. The Labute approximate surface area is 172 Å². The Morgan fingerprint density at radius 3 is 1.92 bits per heavy atom. The molecule has 2 aromatic carbocycles. The molecule has 2 rings (SSSR count). The van der Waals surface area contributed by atoms with Gasteiger partial charge in [0, 0.05) is 5.75 Å². The van der Waals surface area contributed by atoms with Gasteiger partial charge in [0.05, 0.1) is 25.3 Å². The number of esters is 2. The van der Waals surface area contributed by atoms with Gasteiger partial charge >= 0.3 is 41.5 Å². The van der Waals surface area contributed by atoms with Crippen molar-refractivity contribution in [2.75, 3.05) is 14.2 Å². The van der Waals surface area contributed by atoms with Crippen molar-refractivity contribution in [3.05, 3.63) is 53.6 Å². The normalized spacial score (nSPS) is 10.4. The molecule has 0 aliphatic heterocycles. The van der Waals surface area contributed by atoms with Crippen LogP contribution in [0.5, 0.6) is 11.5 Å². The molecule has 2 aromatic rings. The second-order valence-corrected chi connectivity index (χ2v) is 6.12. The fraction of sp³-hybridized carbons (Fsp3) is 0.125. The second-order valence-electron chi connectivity index (χ2n) is 4.69. The zero-order valence-electron chi connectivity index (χ0n) is 14.2. The molecule has 0 amide bonds. The minimum absolute atomic E-state index is 0. The molecule has 10 heteroatoms. The summed E-state index contributed by atoms with van der Waals surface area (Å²) < 4.78 is 45.6. The predicted octanol–water partition coefficient (Wildman–Crippen LogP) is -0.897. The van der Waals surface area contributed by atoms with Gasteiger partial charge in [-0.25, -0.2) is 18.0 Å². The van der Waals surface area contributed by atoms with Crippen LogP contribution in [0, 0.1) is 6.07 Å². The second kappa shape index (κ2) is 9.15. The third kappa shape index (κ3) is 5.55. The molecular weight excluding hydrogens is 375 g/mol. The first-order valence-electron chi connectivity index (χ1n) is 6.73.